The van der Waals surface area contributed by atoms with Crippen LogP contribution in [-0.4, -0.2) is 31.2 Å². The molecule has 1 saturated carbocycles. The van der Waals surface area contributed by atoms with E-state index in [4.69, 9.17) is 0 Å². The molecule has 0 aliphatic heterocycles. The molecule has 0 aromatic carbocycles. The molecule has 0 aromatic heterocycles. The van der Waals surface area contributed by atoms with Crippen LogP contribution < -0.4 is 10.6 Å². The van der Waals surface area contributed by atoms with Crippen molar-refractivity contribution in [3.8, 4) is 0 Å². The Morgan fingerprint density at radius 3 is 2.35 bits per heavy atom. The first kappa shape index (κ1) is 17.3. The van der Waals surface area contributed by atoms with Crippen LogP contribution in [-0.2, 0) is 4.79 Å². The molecule has 0 heterocycles. The topological polar surface area (TPSA) is 41.1 Å². The third-order valence-corrected chi connectivity index (χ3v) is 3.66. The normalized spacial score (nSPS) is 24.5. The van der Waals surface area contributed by atoms with E-state index in [0.717, 1.165) is 6.42 Å². The molecule has 0 saturated heterocycles. The highest BCUT2D eigenvalue weighted by molar-refractivity contribution is 5.81. The van der Waals surface area contributed by atoms with Crippen molar-refractivity contribution in [2.75, 3.05) is 13.1 Å². The summed E-state index contributed by atoms with van der Waals surface area (Å²) >= 11 is 0. The monoisotopic (exact) mass is 294 g/mol. The molecule has 2 N–H and O–H groups in total. The zero-order chi connectivity index (χ0) is 15.4. The molecule has 0 spiro atoms. The standard InChI is InChI=1S/C14H25F3N2O/c1-13(2,3)12(20)19-8-7-18-11-6-4-5-10(9-11)14(15,16)17/h10-11,18H,4-9H2,1-3H3,(H,19,20)/t10-,11+/m0/s1. The Balaban J connectivity index is 2.24. The summed E-state index contributed by atoms with van der Waals surface area (Å²) in [5.74, 6) is -1.23. The summed E-state index contributed by atoms with van der Waals surface area (Å²) in [6, 6.07) is -0.0955. The highest BCUT2D eigenvalue weighted by Gasteiger charge is 2.41. The van der Waals surface area contributed by atoms with Gasteiger partial charge >= 0.3 is 6.18 Å². The Hall–Kier alpha value is -0.780. The number of nitrogens with one attached hydrogen (secondary N) is 2. The maximum atomic E-state index is 12.7. The maximum Gasteiger partial charge on any atom is 0.391 e. The average Bonchev–Trinajstić information content (AvgIpc) is 2.32. The molecule has 1 aliphatic rings. The van der Waals surface area contributed by atoms with Crippen LogP contribution in [0.15, 0.2) is 0 Å². The van der Waals surface area contributed by atoms with Crippen LogP contribution in [0.3, 0.4) is 0 Å². The maximum absolute atomic E-state index is 12.7. The molecule has 0 unspecified atom stereocenters. The first-order chi connectivity index (χ1) is 9.10. The van der Waals surface area contributed by atoms with Gasteiger partial charge in [0.15, 0.2) is 0 Å². The minimum absolute atomic E-state index is 0.0453. The lowest BCUT2D eigenvalue weighted by Crippen LogP contribution is -2.43. The van der Waals surface area contributed by atoms with Gasteiger partial charge in [0.25, 0.3) is 0 Å². The Kier molecular flexibility index (Phi) is 5.86. The van der Waals surface area contributed by atoms with Gasteiger partial charge in [-0.05, 0) is 19.3 Å². The molecule has 0 aromatic rings. The highest BCUT2D eigenvalue weighted by Crippen LogP contribution is 2.37. The summed E-state index contributed by atoms with van der Waals surface area (Å²) < 4.78 is 38.0. The molecule has 0 radical (unpaired) electrons. The van der Waals surface area contributed by atoms with Gasteiger partial charge in [0.2, 0.25) is 5.91 Å². The van der Waals surface area contributed by atoms with E-state index < -0.39 is 17.5 Å². The van der Waals surface area contributed by atoms with E-state index in [1.54, 1.807) is 0 Å². The summed E-state index contributed by atoms with van der Waals surface area (Å²) in [6.07, 6.45) is -2.31. The third kappa shape index (κ3) is 5.69. The van der Waals surface area contributed by atoms with Crippen molar-refractivity contribution in [2.45, 2.75) is 58.7 Å². The SMILES string of the molecule is CC(C)(C)C(=O)NCCN[C@@H]1CCC[C@H](C(F)(F)F)C1. The van der Waals surface area contributed by atoms with Gasteiger partial charge < -0.3 is 10.6 Å². The summed E-state index contributed by atoms with van der Waals surface area (Å²) in [6.45, 7) is 6.43. The largest absolute Gasteiger partial charge is 0.391 e. The third-order valence-electron chi connectivity index (χ3n) is 3.66. The van der Waals surface area contributed by atoms with Gasteiger partial charge in [0, 0.05) is 24.5 Å². The molecule has 118 valence electrons. The van der Waals surface area contributed by atoms with E-state index in [2.05, 4.69) is 10.6 Å². The Labute approximate surface area is 118 Å². The zero-order valence-electron chi connectivity index (χ0n) is 12.4. The van der Waals surface area contributed by atoms with Gasteiger partial charge in [0.1, 0.15) is 0 Å². The first-order valence-corrected chi connectivity index (χ1v) is 7.19. The van der Waals surface area contributed by atoms with Gasteiger partial charge in [-0.2, -0.15) is 13.2 Å². The van der Waals surface area contributed by atoms with Gasteiger partial charge in [-0.25, -0.2) is 0 Å². The van der Waals surface area contributed by atoms with Crippen molar-refractivity contribution in [1.29, 1.82) is 0 Å². The minimum Gasteiger partial charge on any atom is -0.354 e. The zero-order valence-corrected chi connectivity index (χ0v) is 12.4. The van der Waals surface area contributed by atoms with Gasteiger partial charge in [-0.3, -0.25) is 4.79 Å². The highest BCUT2D eigenvalue weighted by atomic mass is 19.4. The predicted octanol–water partition coefficient (Wildman–Crippen LogP) is 2.86. The Bertz CT molecular complexity index is 323. The molecule has 1 fully saturated rings. The van der Waals surface area contributed by atoms with E-state index in [0.29, 0.717) is 19.5 Å². The molecule has 1 amide bonds. The molecule has 0 bridgehead atoms. The number of amides is 1. The Morgan fingerprint density at radius 2 is 1.80 bits per heavy atom. The summed E-state index contributed by atoms with van der Waals surface area (Å²) in [7, 11) is 0. The van der Waals surface area contributed by atoms with Gasteiger partial charge in [0.05, 0.1) is 5.92 Å². The van der Waals surface area contributed by atoms with Crippen molar-refractivity contribution < 1.29 is 18.0 Å². The van der Waals surface area contributed by atoms with E-state index in [1.165, 1.54) is 0 Å². The predicted molar refractivity (Wildman–Crippen MR) is 72.3 cm³/mol. The Morgan fingerprint density at radius 1 is 1.15 bits per heavy atom. The van der Waals surface area contributed by atoms with E-state index >= 15 is 0 Å². The van der Waals surface area contributed by atoms with Crippen LogP contribution in [0.4, 0.5) is 13.2 Å². The van der Waals surface area contributed by atoms with Crippen LogP contribution in [0, 0.1) is 11.3 Å². The minimum atomic E-state index is -4.08. The number of rotatable bonds is 4. The molecule has 3 nitrogen and oxygen atoms in total. The van der Waals surface area contributed by atoms with Gasteiger partial charge in [-0.15, -0.1) is 0 Å². The van der Waals surface area contributed by atoms with Crippen LogP contribution in [0.25, 0.3) is 0 Å². The molecule has 6 heteroatoms. The van der Waals surface area contributed by atoms with Gasteiger partial charge in [-0.1, -0.05) is 27.2 Å². The summed E-state index contributed by atoms with van der Waals surface area (Å²) in [5.41, 5.74) is -0.438. The lowest BCUT2D eigenvalue weighted by molar-refractivity contribution is -0.183. The molecule has 2 atom stereocenters. The molecular formula is C14H25F3N2O. The number of carbonyl (C=O) groups is 1. The quantitative estimate of drug-likeness (QED) is 0.783. The fourth-order valence-corrected chi connectivity index (χ4v) is 2.39. The van der Waals surface area contributed by atoms with Crippen LogP contribution in [0.5, 0.6) is 0 Å². The number of carbonyl (C=O) groups excluding carboxylic acids is 1. The number of hydrogen-bond donors (Lipinski definition) is 2. The van der Waals surface area contributed by atoms with Crippen molar-refractivity contribution in [3.05, 3.63) is 0 Å². The number of halogens is 3. The van der Waals surface area contributed by atoms with Crippen molar-refractivity contribution >= 4 is 5.91 Å². The van der Waals surface area contributed by atoms with Crippen LogP contribution in [0.1, 0.15) is 46.5 Å². The molecule has 1 aliphatic carbocycles. The second-order valence-electron chi connectivity index (χ2n) is 6.56. The second-order valence-corrected chi connectivity index (χ2v) is 6.56. The molecule has 1 rings (SSSR count). The smallest absolute Gasteiger partial charge is 0.354 e. The number of hydrogen-bond acceptors (Lipinski definition) is 2. The van der Waals surface area contributed by atoms with Crippen molar-refractivity contribution in [1.82, 2.24) is 10.6 Å². The van der Waals surface area contributed by atoms with Crippen LogP contribution in [0.2, 0.25) is 0 Å². The lowest BCUT2D eigenvalue weighted by Gasteiger charge is -2.31. The fourth-order valence-electron chi connectivity index (χ4n) is 2.39. The van der Waals surface area contributed by atoms with Crippen molar-refractivity contribution in [3.63, 3.8) is 0 Å². The van der Waals surface area contributed by atoms with E-state index in [-0.39, 0.29) is 24.8 Å². The second kappa shape index (κ2) is 6.78. The average molecular weight is 294 g/mol. The van der Waals surface area contributed by atoms with E-state index in [1.807, 2.05) is 20.8 Å². The fraction of sp³-hybridized carbons (Fsp3) is 0.929. The van der Waals surface area contributed by atoms with Crippen molar-refractivity contribution in [2.24, 2.45) is 11.3 Å². The molecular weight excluding hydrogens is 269 g/mol. The van der Waals surface area contributed by atoms with Crippen LogP contribution >= 0.6 is 0 Å². The van der Waals surface area contributed by atoms with E-state index in [9.17, 15) is 18.0 Å². The lowest BCUT2D eigenvalue weighted by atomic mass is 9.85. The summed E-state index contributed by atoms with van der Waals surface area (Å²) in [4.78, 5) is 11.6. The first-order valence-electron chi connectivity index (χ1n) is 7.19. The number of alkyl halides is 3. The molecule has 20 heavy (non-hydrogen) atoms. The summed E-state index contributed by atoms with van der Waals surface area (Å²) in [5, 5.41) is 5.90.